The molecule has 0 aliphatic heterocycles. The molecule has 0 radical (unpaired) electrons. The van der Waals surface area contributed by atoms with Crippen LogP contribution in [-0.4, -0.2) is 12.2 Å². The lowest BCUT2D eigenvalue weighted by Crippen LogP contribution is -1.95. The van der Waals surface area contributed by atoms with Crippen LogP contribution in [-0.2, 0) is 6.42 Å². The summed E-state index contributed by atoms with van der Waals surface area (Å²) in [7, 11) is 1.50. The molecule has 0 fully saturated rings. The van der Waals surface area contributed by atoms with Gasteiger partial charge in [-0.1, -0.05) is 101 Å². The Labute approximate surface area is 219 Å². The first-order valence-electron chi connectivity index (χ1n) is 12.1. The van der Waals surface area contributed by atoms with Crippen LogP contribution >= 0.6 is 0 Å². The van der Waals surface area contributed by atoms with E-state index < -0.39 is 0 Å². The standard InChI is InChI=1S/C19H20O.C7H6F2.C3H8.C2H6.CH5N/c1-4-18(14(2)3)19-8-6-5-7-16(19)13-15-9-11-17(20)12-10-15;1-7(9)5-3-2-4-6-8;1-3-2;2*1-2/h4-12,20H,1,13H2,2-3H3;4-6H,1H3;3H2,1-2H3;1-2H3;2H2,1H3/b;6-4+,7-5-;;;. The fourth-order valence-electron chi connectivity index (χ4n) is 2.58. The number of halogens is 2. The van der Waals surface area contributed by atoms with Crippen LogP contribution in [0.5, 0.6) is 5.75 Å². The van der Waals surface area contributed by atoms with Crippen LogP contribution < -0.4 is 5.73 Å². The average molecular weight is 498 g/mol. The molecule has 0 amide bonds. The van der Waals surface area contributed by atoms with E-state index in [0.29, 0.717) is 12.1 Å². The molecule has 2 rings (SSSR count). The third kappa shape index (κ3) is 18.9. The van der Waals surface area contributed by atoms with E-state index in [2.05, 4.69) is 76.1 Å². The Morgan fingerprint density at radius 1 is 0.972 bits per heavy atom. The lowest BCUT2D eigenvalue weighted by Gasteiger charge is -2.12. The predicted octanol–water partition coefficient (Wildman–Crippen LogP) is 9.33. The first kappa shape index (κ1) is 37.1. The highest BCUT2D eigenvalue weighted by molar-refractivity contribution is 5.77. The number of nitrogens with two attached hydrogens (primary N) is 1. The second-order valence-corrected chi connectivity index (χ2v) is 7.14. The van der Waals surface area contributed by atoms with Crippen molar-refractivity contribution < 1.29 is 13.9 Å². The number of phenols is 1. The Morgan fingerprint density at radius 3 is 1.94 bits per heavy atom. The summed E-state index contributed by atoms with van der Waals surface area (Å²) < 4.78 is 22.9. The summed E-state index contributed by atoms with van der Waals surface area (Å²) in [5.41, 5.74) is 10.6. The van der Waals surface area contributed by atoms with E-state index in [4.69, 9.17) is 0 Å². The molecule has 3 N–H and O–H groups in total. The van der Waals surface area contributed by atoms with Crippen molar-refractivity contribution in [1.82, 2.24) is 0 Å². The highest BCUT2D eigenvalue weighted by Crippen LogP contribution is 2.25. The van der Waals surface area contributed by atoms with Crippen LogP contribution in [0.1, 0.15) is 71.6 Å². The van der Waals surface area contributed by atoms with Gasteiger partial charge in [0.1, 0.15) is 11.6 Å². The zero-order valence-electron chi connectivity index (χ0n) is 23.3. The molecule has 2 aromatic carbocycles. The molecule has 2 aromatic rings. The SMILES string of the molecule is C/C(F)=C/C#C/C=C/F.C=CC(=C(C)C)c1ccccc1Cc1ccc(O)cc1.CC.CCC.CN. The third-order valence-electron chi connectivity index (χ3n) is 3.88. The van der Waals surface area contributed by atoms with Gasteiger partial charge in [0, 0.05) is 12.2 Å². The Kier molecular flexibility index (Phi) is 27.0. The number of benzene rings is 2. The van der Waals surface area contributed by atoms with Crippen LogP contribution in [0.2, 0.25) is 0 Å². The molecule has 0 saturated carbocycles. The topological polar surface area (TPSA) is 46.2 Å². The summed E-state index contributed by atoms with van der Waals surface area (Å²) in [4.78, 5) is 0. The summed E-state index contributed by atoms with van der Waals surface area (Å²) in [5, 5.41) is 9.36. The van der Waals surface area contributed by atoms with Crippen molar-refractivity contribution in [3.8, 4) is 17.6 Å². The van der Waals surface area contributed by atoms with Gasteiger partial charge in [-0.05, 0) is 68.6 Å². The van der Waals surface area contributed by atoms with Crippen molar-refractivity contribution in [3.05, 3.63) is 108 Å². The summed E-state index contributed by atoms with van der Waals surface area (Å²) in [6.45, 7) is 17.7. The van der Waals surface area contributed by atoms with Gasteiger partial charge in [0.25, 0.3) is 0 Å². The van der Waals surface area contributed by atoms with Crippen LogP contribution in [0.25, 0.3) is 5.57 Å². The van der Waals surface area contributed by atoms with Crippen LogP contribution in [0.15, 0.2) is 91.1 Å². The number of allylic oxidation sites excluding steroid dienone is 6. The molecule has 0 heterocycles. The van der Waals surface area contributed by atoms with Gasteiger partial charge in [0.15, 0.2) is 0 Å². The van der Waals surface area contributed by atoms with Gasteiger partial charge in [0.05, 0.1) is 6.33 Å². The highest BCUT2D eigenvalue weighted by atomic mass is 19.1. The molecular formula is C32H45F2NO. The minimum Gasteiger partial charge on any atom is -0.508 e. The lowest BCUT2D eigenvalue weighted by molar-refractivity contribution is 0.475. The van der Waals surface area contributed by atoms with Crippen LogP contribution in [0.4, 0.5) is 8.78 Å². The van der Waals surface area contributed by atoms with Crippen LogP contribution in [0, 0.1) is 11.8 Å². The van der Waals surface area contributed by atoms with Gasteiger partial charge in [-0.3, -0.25) is 0 Å². The molecule has 2 nitrogen and oxygen atoms in total. The first-order chi connectivity index (χ1) is 17.3. The van der Waals surface area contributed by atoms with E-state index in [0.717, 1.165) is 18.6 Å². The smallest absolute Gasteiger partial charge is 0.115 e. The Balaban J connectivity index is -0.000000570. The molecule has 4 heteroatoms. The highest BCUT2D eigenvalue weighted by Gasteiger charge is 2.07. The summed E-state index contributed by atoms with van der Waals surface area (Å²) in [6.07, 6.45) is 6.39. The minimum atomic E-state index is -0.380. The number of aromatic hydroxyl groups is 1. The maximum atomic E-state index is 11.8. The van der Waals surface area contributed by atoms with E-state index in [1.165, 1.54) is 48.2 Å². The maximum Gasteiger partial charge on any atom is 0.115 e. The van der Waals surface area contributed by atoms with Crippen molar-refractivity contribution >= 4 is 5.57 Å². The van der Waals surface area contributed by atoms with Crippen molar-refractivity contribution in [1.29, 1.82) is 0 Å². The van der Waals surface area contributed by atoms with Crippen LogP contribution in [0.3, 0.4) is 0 Å². The largest absolute Gasteiger partial charge is 0.508 e. The van der Waals surface area contributed by atoms with Gasteiger partial charge < -0.3 is 10.8 Å². The third-order valence-corrected chi connectivity index (χ3v) is 3.88. The first-order valence-corrected chi connectivity index (χ1v) is 12.1. The van der Waals surface area contributed by atoms with E-state index in [1.807, 2.05) is 32.1 Å². The molecule has 198 valence electrons. The molecule has 0 bridgehead atoms. The maximum absolute atomic E-state index is 11.8. The number of hydrogen-bond donors (Lipinski definition) is 2. The van der Waals surface area contributed by atoms with Crippen molar-refractivity contribution in [2.24, 2.45) is 5.73 Å². The molecule has 0 aliphatic rings. The van der Waals surface area contributed by atoms with E-state index in [-0.39, 0.29) is 5.83 Å². The molecule has 0 aromatic heterocycles. The summed E-state index contributed by atoms with van der Waals surface area (Å²) in [6, 6.07) is 15.8. The van der Waals surface area contributed by atoms with E-state index >= 15 is 0 Å². The van der Waals surface area contributed by atoms with Crippen molar-refractivity contribution in [2.45, 2.75) is 61.3 Å². The number of hydrogen-bond acceptors (Lipinski definition) is 2. The fourth-order valence-corrected chi connectivity index (χ4v) is 2.58. The van der Waals surface area contributed by atoms with Crippen molar-refractivity contribution in [2.75, 3.05) is 7.05 Å². The summed E-state index contributed by atoms with van der Waals surface area (Å²) in [5.74, 6) is 4.44. The van der Waals surface area contributed by atoms with Gasteiger partial charge in [0.2, 0.25) is 0 Å². The zero-order valence-corrected chi connectivity index (χ0v) is 23.3. The van der Waals surface area contributed by atoms with Gasteiger partial charge >= 0.3 is 0 Å². The second kappa shape index (κ2) is 26.2. The monoisotopic (exact) mass is 497 g/mol. The fraction of sp³-hybridized carbons (Fsp3) is 0.312. The molecule has 0 atom stereocenters. The Bertz CT molecular complexity index is 967. The van der Waals surface area contributed by atoms with E-state index in [1.54, 1.807) is 12.1 Å². The minimum absolute atomic E-state index is 0.300. The molecule has 0 saturated heterocycles. The average Bonchev–Trinajstić information content (AvgIpc) is 2.88. The quantitative estimate of drug-likeness (QED) is 0.326. The zero-order chi connectivity index (χ0) is 28.4. The van der Waals surface area contributed by atoms with Gasteiger partial charge in [-0.15, -0.1) is 0 Å². The Morgan fingerprint density at radius 2 is 1.50 bits per heavy atom. The van der Waals surface area contributed by atoms with Gasteiger partial charge in [-0.25, -0.2) is 8.78 Å². The molecule has 0 spiro atoms. The van der Waals surface area contributed by atoms with Gasteiger partial charge in [-0.2, -0.15) is 0 Å². The Hall–Kier alpha value is -3.42. The normalized spacial score (nSPS) is 9.25. The molecule has 0 aliphatic carbocycles. The van der Waals surface area contributed by atoms with Crippen molar-refractivity contribution in [3.63, 3.8) is 0 Å². The predicted molar refractivity (Wildman–Crippen MR) is 156 cm³/mol. The lowest BCUT2D eigenvalue weighted by atomic mass is 9.93. The van der Waals surface area contributed by atoms with E-state index in [9.17, 15) is 13.9 Å². The number of phenolic OH excluding ortho intramolecular Hbond substituents is 1. The molecular weight excluding hydrogens is 452 g/mol. The second-order valence-electron chi connectivity index (χ2n) is 7.14. The molecule has 0 unspecified atom stereocenters. The molecule has 36 heavy (non-hydrogen) atoms. The summed E-state index contributed by atoms with van der Waals surface area (Å²) >= 11 is 0. The number of rotatable bonds is 4.